The molecule has 1 amide bonds. The molecule has 0 saturated heterocycles. The quantitative estimate of drug-likeness (QED) is 0.933. The molecular formula is C12H12Cl2N4OS. The van der Waals surface area contributed by atoms with Crippen molar-refractivity contribution < 1.29 is 4.79 Å². The van der Waals surface area contributed by atoms with Crippen LogP contribution in [0, 0.1) is 0 Å². The molecule has 8 heteroatoms. The van der Waals surface area contributed by atoms with Crippen LogP contribution < -0.4 is 5.32 Å². The SMILES string of the molecule is CCc1cnc(C(C)NC(=O)c2cc(Cl)nnc2Cl)s1. The average molecular weight is 331 g/mol. The topological polar surface area (TPSA) is 67.8 Å². The van der Waals surface area contributed by atoms with E-state index in [1.165, 1.54) is 10.9 Å². The van der Waals surface area contributed by atoms with Crippen LogP contribution in [0.25, 0.3) is 0 Å². The van der Waals surface area contributed by atoms with Gasteiger partial charge in [0, 0.05) is 11.1 Å². The Hall–Kier alpha value is -1.24. The molecule has 0 saturated carbocycles. The molecule has 5 nitrogen and oxygen atoms in total. The van der Waals surface area contributed by atoms with E-state index in [1.54, 1.807) is 11.3 Å². The normalized spacial score (nSPS) is 12.2. The van der Waals surface area contributed by atoms with Gasteiger partial charge in [-0.1, -0.05) is 30.1 Å². The molecule has 2 heterocycles. The zero-order valence-electron chi connectivity index (χ0n) is 10.9. The molecule has 0 bridgehead atoms. The Bertz CT molecular complexity index is 632. The van der Waals surface area contributed by atoms with Crippen LogP contribution in [-0.4, -0.2) is 21.1 Å². The molecule has 1 N–H and O–H groups in total. The third-order valence-corrected chi connectivity index (χ3v) is 4.39. The first kappa shape index (κ1) is 15.2. The molecule has 1 atom stereocenters. The molecule has 0 aliphatic rings. The van der Waals surface area contributed by atoms with Crippen molar-refractivity contribution in [1.82, 2.24) is 20.5 Å². The summed E-state index contributed by atoms with van der Waals surface area (Å²) in [6, 6.07) is 1.17. The zero-order valence-corrected chi connectivity index (χ0v) is 13.2. The minimum atomic E-state index is -0.354. The second-order valence-electron chi connectivity index (χ2n) is 4.09. The Morgan fingerprint density at radius 3 is 2.85 bits per heavy atom. The Morgan fingerprint density at radius 1 is 1.45 bits per heavy atom. The number of amides is 1. The Balaban J connectivity index is 2.12. The Morgan fingerprint density at radius 2 is 2.20 bits per heavy atom. The summed E-state index contributed by atoms with van der Waals surface area (Å²) >= 11 is 13.1. The zero-order chi connectivity index (χ0) is 14.7. The molecule has 2 aromatic rings. The minimum absolute atomic E-state index is 0.0208. The van der Waals surface area contributed by atoms with Crippen molar-refractivity contribution >= 4 is 40.4 Å². The summed E-state index contributed by atoms with van der Waals surface area (Å²) in [6.45, 7) is 3.92. The molecule has 2 rings (SSSR count). The Kier molecular flexibility index (Phi) is 4.91. The summed E-state index contributed by atoms with van der Waals surface area (Å²) in [6.07, 6.45) is 2.74. The van der Waals surface area contributed by atoms with Crippen LogP contribution in [0.1, 0.15) is 40.1 Å². The number of nitrogens with one attached hydrogen (secondary N) is 1. The van der Waals surface area contributed by atoms with Crippen molar-refractivity contribution in [2.45, 2.75) is 26.3 Å². The molecule has 0 fully saturated rings. The summed E-state index contributed by atoms with van der Waals surface area (Å²) in [4.78, 5) is 17.6. The number of hydrogen-bond acceptors (Lipinski definition) is 5. The molecule has 1 unspecified atom stereocenters. The van der Waals surface area contributed by atoms with Crippen LogP contribution >= 0.6 is 34.5 Å². The highest BCUT2D eigenvalue weighted by Gasteiger charge is 2.18. The number of rotatable bonds is 4. The highest BCUT2D eigenvalue weighted by atomic mass is 35.5. The number of thiazole rings is 1. The van der Waals surface area contributed by atoms with Gasteiger partial charge < -0.3 is 5.32 Å². The fraction of sp³-hybridized carbons (Fsp3) is 0.333. The van der Waals surface area contributed by atoms with E-state index < -0.39 is 0 Å². The van der Waals surface area contributed by atoms with Crippen molar-refractivity contribution in [3.05, 3.63) is 38.0 Å². The number of aromatic nitrogens is 3. The lowest BCUT2D eigenvalue weighted by atomic mass is 10.2. The van der Waals surface area contributed by atoms with Crippen LogP contribution in [0.5, 0.6) is 0 Å². The maximum atomic E-state index is 12.1. The van der Waals surface area contributed by atoms with Gasteiger partial charge >= 0.3 is 0 Å². The van der Waals surface area contributed by atoms with E-state index >= 15 is 0 Å². The van der Waals surface area contributed by atoms with E-state index in [1.807, 2.05) is 13.1 Å². The van der Waals surface area contributed by atoms with E-state index in [0.29, 0.717) is 0 Å². The number of nitrogens with zero attached hydrogens (tertiary/aromatic N) is 3. The lowest BCUT2D eigenvalue weighted by Crippen LogP contribution is -2.27. The summed E-state index contributed by atoms with van der Waals surface area (Å²) in [7, 11) is 0. The summed E-state index contributed by atoms with van der Waals surface area (Å²) in [5.74, 6) is -0.354. The van der Waals surface area contributed by atoms with Gasteiger partial charge in [0.2, 0.25) is 0 Å². The first-order chi connectivity index (χ1) is 9.51. The molecule has 0 aliphatic carbocycles. The molecule has 20 heavy (non-hydrogen) atoms. The van der Waals surface area contributed by atoms with Crippen LogP contribution in [-0.2, 0) is 6.42 Å². The van der Waals surface area contributed by atoms with Crippen LogP contribution in [0.15, 0.2) is 12.3 Å². The van der Waals surface area contributed by atoms with Crippen molar-refractivity contribution in [2.24, 2.45) is 0 Å². The van der Waals surface area contributed by atoms with Crippen LogP contribution in [0.2, 0.25) is 10.3 Å². The van der Waals surface area contributed by atoms with Crippen molar-refractivity contribution in [1.29, 1.82) is 0 Å². The van der Waals surface area contributed by atoms with E-state index in [4.69, 9.17) is 23.2 Å². The summed E-state index contributed by atoms with van der Waals surface area (Å²) in [5, 5.41) is 11.0. The van der Waals surface area contributed by atoms with Gasteiger partial charge in [-0.2, -0.15) is 0 Å². The van der Waals surface area contributed by atoms with Gasteiger partial charge in [-0.3, -0.25) is 4.79 Å². The monoisotopic (exact) mass is 330 g/mol. The molecule has 0 aliphatic heterocycles. The lowest BCUT2D eigenvalue weighted by Gasteiger charge is -2.11. The Labute approximate surface area is 130 Å². The smallest absolute Gasteiger partial charge is 0.255 e. The molecular weight excluding hydrogens is 319 g/mol. The van der Waals surface area contributed by atoms with Crippen molar-refractivity contribution in [3.63, 3.8) is 0 Å². The fourth-order valence-corrected chi connectivity index (χ4v) is 2.72. The predicted octanol–water partition coefficient (Wildman–Crippen LogP) is 3.29. The lowest BCUT2D eigenvalue weighted by molar-refractivity contribution is 0.0939. The van der Waals surface area contributed by atoms with E-state index in [2.05, 4.69) is 27.4 Å². The van der Waals surface area contributed by atoms with Gasteiger partial charge in [-0.25, -0.2) is 4.98 Å². The number of carbonyl (C=O) groups excluding carboxylic acids is 1. The predicted molar refractivity (Wildman–Crippen MR) is 79.4 cm³/mol. The maximum Gasteiger partial charge on any atom is 0.255 e. The minimum Gasteiger partial charge on any atom is -0.343 e. The standard InChI is InChI=1S/C12H12Cl2N4OS/c1-3-7-5-15-12(20-7)6(2)16-11(19)8-4-9(13)17-18-10(8)14/h4-6H,3H2,1-2H3,(H,16,19). The van der Waals surface area contributed by atoms with Crippen molar-refractivity contribution in [2.75, 3.05) is 0 Å². The summed E-state index contributed by atoms with van der Waals surface area (Å²) < 4.78 is 0. The number of hydrogen-bond donors (Lipinski definition) is 1. The van der Waals surface area contributed by atoms with Crippen LogP contribution in [0.3, 0.4) is 0 Å². The molecule has 106 valence electrons. The highest BCUT2D eigenvalue weighted by molar-refractivity contribution is 7.11. The second-order valence-corrected chi connectivity index (χ2v) is 5.98. The van der Waals surface area contributed by atoms with Gasteiger partial charge in [0.1, 0.15) is 5.01 Å². The number of carbonyl (C=O) groups is 1. The average Bonchev–Trinajstić information content (AvgIpc) is 2.90. The first-order valence-electron chi connectivity index (χ1n) is 5.95. The number of aryl methyl sites for hydroxylation is 1. The third kappa shape index (κ3) is 3.45. The largest absolute Gasteiger partial charge is 0.343 e. The first-order valence-corrected chi connectivity index (χ1v) is 7.52. The summed E-state index contributed by atoms with van der Waals surface area (Å²) in [5.41, 5.74) is 0.200. The van der Waals surface area contributed by atoms with Gasteiger partial charge in [0.15, 0.2) is 10.3 Å². The van der Waals surface area contributed by atoms with E-state index in [-0.39, 0.29) is 27.8 Å². The van der Waals surface area contributed by atoms with Gasteiger partial charge in [0.25, 0.3) is 5.91 Å². The van der Waals surface area contributed by atoms with Crippen molar-refractivity contribution in [3.8, 4) is 0 Å². The highest BCUT2D eigenvalue weighted by Crippen LogP contribution is 2.22. The molecule has 0 spiro atoms. The molecule has 0 radical (unpaired) electrons. The van der Waals surface area contributed by atoms with E-state index in [0.717, 1.165) is 11.4 Å². The van der Waals surface area contributed by atoms with E-state index in [9.17, 15) is 4.79 Å². The molecule has 2 aromatic heterocycles. The van der Waals surface area contributed by atoms with Crippen LogP contribution in [0.4, 0.5) is 0 Å². The third-order valence-electron chi connectivity index (χ3n) is 2.60. The molecule has 0 aromatic carbocycles. The fourth-order valence-electron chi connectivity index (χ4n) is 1.53. The maximum absolute atomic E-state index is 12.1. The number of halogens is 2. The van der Waals surface area contributed by atoms with Gasteiger partial charge in [0.05, 0.1) is 11.6 Å². The van der Waals surface area contributed by atoms with Gasteiger partial charge in [-0.05, 0) is 19.4 Å². The van der Waals surface area contributed by atoms with Gasteiger partial charge in [-0.15, -0.1) is 21.5 Å². The second kappa shape index (κ2) is 6.47.